The molecule has 1 aromatic carbocycles. The van der Waals surface area contributed by atoms with E-state index in [0.717, 1.165) is 0 Å². The standard InChI is InChI=1S/C13H15ClN2O2/c1-4-10-11(7-15)13(16(17)18)9(5-8(2)3)6-12(10)14/h6,8H,4-5H2,1-3H3. The summed E-state index contributed by atoms with van der Waals surface area (Å²) in [5.74, 6) is 0.263. The molecule has 0 aliphatic heterocycles. The molecule has 0 saturated carbocycles. The van der Waals surface area contributed by atoms with Crippen LogP contribution in [0.15, 0.2) is 6.07 Å². The zero-order valence-corrected chi connectivity index (χ0v) is 11.4. The summed E-state index contributed by atoms with van der Waals surface area (Å²) in [6.45, 7) is 5.77. The number of halogens is 1. The molecule has 5 heteroatoms. The number of nitriles is 1. The van der Waals surface area contributed by atoms with Crippen LogP contribution in [0.1, 0.15) is 37.5 Å². The first-order chi connectivity index (χ1) is 8.42. The van der Waals surface area contributed by atoms with Crippen LogP contribution in [0.5, 0.6) is 0 Å². The van der Waals surface area contributed by atoms with E-state index in [4.69, 9.17) is 16.9 Å². The molecule has 1 aromatic rings. The van der Waals surface area contributed by atoms with E-state index in [1.165, 1.54) is 0 Å². The minimum absolute atomic E-state index is 0.0903. The van der Waals surface area contributed by atoms with Crippen molar-refractivity contribution in [3.8, 4) is 6.07 Å². The zero-order valence-electron chi connectivity index (χ0n) is 10.7. The first-order valence-electron chi connectivity index (χ1n) is 5.81. The lowest BCUT2D eigenvalue weighted by molar-refractivity contribution is -0.385. The summed E-state index contributed by atoms with van der Waals surface area (Å²) in [5, 5.41) is 20.8. The third-order valence-electron chi connectivity index (χ3n) is 2.71. The molecule has 0 bridgehead atoms. The van der Waals surface area contributed by atoms with E-state index in [1.807, 2.05) is 26.8 Å². The molecule has 18 heavy (non-hydrogen) atoms. The molecule has 0 amide bonds. The molecule has 0 aromatic heterocycles. The maximum Gasteiger partial charge on any atom is 0.290 e. The Morgan fingerprint density at radius 1 is 1.56 bits per heavy atom. The van der Waals surface area contributed by atoms with Crippen LogP contribution in [0, 0.1) is 27.4 Å². The molecule has 0 N–H and O–H groups in total. The lowest BCUT2D eigenvalue weighted by atomic mass is 9.94. The molecule has 0 unspecified atom stereocenters. The number of nitrogens with zero attached hydrogens (tertiary/aromatic N) is 2. The first-order valence-corrected chi connectivity index (χ1v) is 6.18. The Hall–Kier alpha value is -1.60. The molecule has 0 fully saturated rings. The Bertz CT molecular complexity index is 519. The van der Waals surface area contributed by atoms with Crippen LogP contribution in [-0.4, -0.2) is 4.92 Å². The highest BCUT2D eigenvalue weighted by atomic mass is 35.5. The summed E-state index contributed by atoms with van der Waals surface area (Å²) in [4.78, 5) is 10.7. The van der Waals surface area contributed by atoms with Crippen molar-refractivity contribution in [1.29, 1.82) is 5.26 Å². The van der Waals surface area contributed by atoms with Gasteiger partial charge in [-0.1, -0.05) is 32.4 Å². The molecule has 0 spiro atoms. The molecule has 96 valence electrons. The molecule has 0 aliphatic rings. The Balaban J connectivity index is 3.59. The van der Waals surface area contributed by atoms with Gasteiger partial charge in [0.15, 0.2) is 0 Å². The molecular formula is C13H15ClN2O2. The quantitative estimate of drug-likeness (QED) is 0.613. The van der Waals surface area contributed by atoms with E-state index in [9.17, 15) is 10.1 Å². The number of hydrogen-bond donors (Lipinski definition) is 0. The summed E-state index contributed by atoms with van der Waals surface area (Å²) in [6.07, 6.45) is 1.04. The van der Waals surface area contributed by atoms with Gasteiger partial charge in [-0.2, -0.15) is 5.26 Å². The third-order valence-corrected chi connectivity index (χ3v) is 3.05. The normalized spacial score (nSPS) is 10.4. The number of nitro benzene ring substituents is 1. The van der Waals surface area contributed by atoms with Crippen molar-refractivity contribution in [2.75, 3.05) is 0 Å². The molecule has 0 saturated heterocycles. The number of benzene rings is 1. The fourth-order valence-corrected chi connectivity index (χ4v) is 2.36. The summed E-state index contributed by atoms with van der Waals surface area (Å²) in [6, 6.07) is 3.55. The van der Waals surface area contributed by atoms with Crippen molar-refractivity contribution in [1.82, 2.24) is 0 Å². The lowest BCUT2D eigenvalue weighted by Gasteiger charge is -2.11. The maximum atomic E-state index is 11.2. The van der Waals surface area contributed by atoms with Crippen LogP contribution in [0.4, 0.5) is 5.69 Å². The molecular weight excluding hydrogens is 252 g/mol. The minimum Gasteiger partial charge on any atom is -0.258 e. The second-order valence-corrected chi connectivity index (χ2v) is 4.95. The highest BCUT2D eigenvalue weighted by molar-refractivity contribution is 6.31. The maximum absolute atomic E-state index is 11.2. The van der Waals surface area contributed by atoms with Crippen LogP contribution in [0.3, 0.4) is 0 Å². The molecule has 0 aliphatic carbocycles. The number of rotatable bonds is 4. The van der Waals surface area contributed by atoms with Gasteiger partial charge in [-0.3, -0.25) is 10.1 Å². The Labute approximate surface area is 111 Å². The van der Waals surface area contributed by atoms with Crippen molar-refractivity contribution < 1.29 is 4.92 Å². The lowest BCUT2D eigenvalue weighted by Crippen LogP contribution is -2.05. The largest absolute Gasteiger partial charge is 0.290 e. The predicted octanol–water partition coefficient (Wildman–Crippen LogP) is 3.88. The monoisotopic (exact) mass is 266 g/mol. The van der Waals surface area contributed by atoms with Gasteiger partial charge in [0.1, 0.15) is 11.6 Å². The van der Waals surface area contributed by atoms with Crippen molar-refractivity contribution in [3.05, 3.63) is 37.9 Å². The Morgan fingerprint density at radius 3 is 2.56 bits per heavy atom. The van der Waals surface area contributed by atoms with Crippen LogP contribution >= 0.6 is 11.6 Å². The highest BCUT2D eigenvalue weighted by Crippen LogP contribution is 2.33. The zero-order chi connectivity index (χ0) is 13.9. The summed E-state index contributed by atoms with van der Waals surface area (Å²) >= 11 is 6.10. The van der Waals surface area contributed by atoms with Crippen molar-refractivity contribution >= 4 is 17.3 Å². The Kier molecular flexibility index (Phi) is 4.69. The second-order valence-electron chi connectivity index (χ2n) is 4.54. The van der Waals surface area contributed by atoms with Crippen LogP contribution in [0.25, 0.3) is 0 Å². The van der Waals surface area contributed by atoms with Gasteiger partial charge in [0.25, 0.3) is 5.69 Å². The van der Waals surface area contributed by atoms with Crippen LogP contribution in [-0.2, 0) is 12.8 Å². The van der Waals surface area contributed by atoms with Gasteiger partial charge >= 0.3 is 0 Å². The highest BCUT2D eigenvalue weighted by Gasteiger charge is 2.25. The first kappa shape index (κ1) is 14.5. The molecule has 0 heterocycles. The van der Waals surface area contributed by atoms with Crippen molar-refractivity contribution in [2.24, 2.45) is 5.92 Å². The van der Waals surface area contributed by atoms with E-state index in [-0.39, 0.29) is 17.2 Å². The van der Waals surface area contributed by atoms with E-state index in [1.54, 1.807) is 6.07 Å². The van der Waals surface area contributed by atoms with Gasteiger partial charge in [-0.15, -0.1) is 0 Å². The van der Waals surface area contributed by atoms with E-state index in [0.29, 0.717) is 29.0 Å². The van der Waals surface area contributed by atoms with Gasteiger partial charge in [0, 0.05) is 10.6 Å². The van der Waals surface area contributed by atoms with E-state index >= 15 is 0 Å². The molecule has 1 rings (SSSR count). The minimum atomic E-state index is -0.480. The van der Waals surface area contributed by atoms with Crippen LogP contribution < -0.4 is 0 Å². The van der Waals surface area contributed by atoms with Gasteiger partial charge in [-0.05, 0) is 30.4 Å². The van der Waals surface area contributed by atoms with Crippen molar-refractivity contribution in [3.63, 3.8) is 0 Å². The van der Waals surface area contributed by atoms with Gasteiger partial charge in [0.2, 0.25) is 0 Å². The third kappa shape index (κ3) is 2.80. The second kappa shape index (κ2) is 5.83. The van der Waals surface area contributed by atoms with Crippen molar-refractivity contribution in [2.45, 2.75) is 33.6 Å². The van der Waals surface area contributed by atoms with Gasteiger partial charge in [0.05, 0.1) is 4.92 Å². The SMILES string of the molecule is CCc1c(Cl)cc(CC(C)C)c([N+](=O)[O-])c1C#N. The Morgan fingerprint density at radius 2 is 2.17 bits per heavy atom. The van der Waals surface area contributed by atoms with Gasteiger partial charge in [-0.25, -0.2) is 0 Å². The smallest absolute Gasteiger partial charge is 0.258 e. The fraction of sp³-hybridized carbons (Fsp3) is 0.462. The fourth-order valence-electron chi connectivity index (χ4n) is 2.00. The summed E-state index contributed by atoms with van der Waals surface area (Å²) in [7, 11) is 0. The van der Waals surface area contributed by atoms with E-state index in [2.05, 4.69) is 0 Å². The van der Waals surface area contributed by atoms with Gasteiger partial charge < -0.3 is 0 Å². The summed E-state index contributed by atoms with van der Waals surface area (Å²) < 4.78 is 0. The number of hydrogen-bond acceptors (Lipinski definition) is 3. The summed E-state index contributed by atoms with van der Waals surface area (Å²) in [5.41, 5.74) is 1.10. The topological polar surface area (TPSA) is 66.9 Å². The van der Waals surface area contributed by atoms with Crippen LogP contribution in [0.2, 0.25) is 5.02 Å². The number of nitro groups is 1. The molecule has 0 atom stereocenters. The predicted molar refractivity (Wildman–Crippen MR) is 70.7 cm³/mol. The average molecular weight is 267 g/mol. The molecule has 4 nitrogen and oxygen atoms in total. The molecule has 0 radical (unpaired) electrons. The van der Waals surface area contributed by atoms with E-state index < -0.39 is 4.92 Å². The average Bonchev–Trinajstić information content (AvgIpc) is 2.26.